The topological polar surface area (TPSA) is 38.3 Å². The number of carbonyl (C=O) groups is 1. The molecule has 0 aliphatic rings. The van der Waals surface area contributed by atoms with Gasteiger partial charge in [0.1, 0.15) is 13.3 Å². The Labute approximate surface area is 92.4 Å². The smallest absolute Gasteiger partial charge is 0.407 e. The van der Waals surface area contributed by atoms with Gasteiger partial charge in [0.25, 0.3) is 0 Å². The van der Waals surface area contributed by atoms with E-state index in [9.17, 15) is 9.18 Å². The van der Waals surface area contributed by atoms with Crippen molar-refractivity contribution in [3.8, 4) is 0 Å². The van der Waals surface area contributed by atoms with Crippen LogP contribution in [0.25, 0.3) is 0 Å². The Morgan fingerprint density at radius 2 is 1.87 bits per heavy atom. The highest BCUT2D eigenvalue weighted by molar-refractivity contribution is 5.67. The number of ether oxygens (including phenoxy) is 1. The second-order valence-electron chi connectivity index (χ2n) is 4.06. The van der Waals surface area contributed by atoms with Crippen molar-refractivity contribution in [1.82, 2.24) is 5.32 Å². The predicted octanol–water partition coefficient (Wildman–Crippen LogP) is 3.14. The second kappa shape index (κ2) is 8.50. The van der Waals surface area contributed by atoms with Crippen molar-refractivity contribution in [2.24, 2.45) is 5.41 Å². The number of amides is 1. The van der Waals surface area contributed by atoms with Crippen LogP contribution in [0.3, 0.4) is 0 Å². The van der Waals surface area contributed by atoms with Crippen LogP contribution in [0.15, 0.2) is 0 Å². The maximum absolute atomic E-state index is 11.6. The maximum atomic E-state index is 11.6. The van der Waals surface area contributed by atoms with Crippen molar-refractivity contribution in [1.29, 1.82) is 0 Å². The van der Waals surface area contributed by atoms with E-state index >= 15 is 0 Å². The van der Waals surface area contributed by atoms with Crippen LogP contribution in [0.2, 0.25) is 0 Å². The molecule has 92 valence electrons. The van der Waals surface area contributed by atoms with Crippen LogP contribution >= 0.6 is 0 Å². The molecular formula is C11H24FNO2. The standard InChI is InChI=1S/C9H18FNO2.C2H6/c1-7(9(2,3)4)11-8(12)13-6-5-10;1-2/h7H,5-6H2,1-4H3,(H,11,12);1-2H3. The molecule has 0 bridgehead atoms. The minimum Gasteiger partial charge on any atom is -0.447 e. The van der Waals surface area contributed by atoms with Gasteiger partial charge in [-0.05, 0) is 12.3 Å². The number of carbonyl (C=O) groups excluding carboxylic acids is 1. The number of alkyl halides is 1. The van der Waals surface area contributed by atoms with Gasteiger partial charge >= 0.3 is 6.09 Å². The third-order valence-corrected chi connectivity index (χ3v) is 1.94. The SMILES string of the molecule is CC.CC(NC(=O)OCCF)C(C)(C)C. The maximum Gasteiger partial charge on any atom is 0.407 e. The van der Waals surface area contributed by atoms with Crippen molar-refractivity contribution >= 4 is 6.09 Å². The molecule has 3 nitrogen and oxygen atoms in total. The highest BCUT2D eigenvalue weighted by Crippen LogP contribution is 2.18. The Bertz CT molecular complexity index is 166. The molecule has 0 radical (unpaired) electrons. The van der Waals surface area contributed by atoms with Crippen LogP contribution in [-0.4, -0.2) is 25.4 Å². The largest absolute Gasteiger partial charge is 0.447 e. The summed E-state index contributed by atoms with van der Waals surface area (Å²) in [5.41, 5.74) is -0.0191. The lowest BCUT2D eigenvalue weighted by atomic mass is 9.88. The number of halogens is 1. The van der Waals surface area contributed by atoms with Gasteiger partial charge in [-0.15, -0.1) is 0 Å². The van der Waals surface area contributed by atoms with Gasteiger partial charge < -0.3 is 10.1 Å². The first-order valence-electron chi connectivity index (χ1n) is 5.37. The van der Waals surface area contributed by atoms with E-state index in [1.165, 1.54) is 0 Å². The van der Waals surface area contributed by atoms with Crippen LogP contribution in [0.5, 0.6) is 0 Å². The lowest BCUT2D eigenvalue weighted by Crippen LogP contribution is -2.41. The van der Waals surface area contributed by atoms with Gasteiger partial charge in [-0.2, -0.15) is 0 Å². The van der Waals surface area contributed by atoms with E-state index in [2.05, 4.69) is 10.1 Å². The first kappa shape index (κ1) is 16.6. The van der Waals surface area contributed by atoms with Crippen LogP contribution in [0.4, 0.5) is 9.18 Å². The zero-order valence-corrected chi connectivity index (χ0v) is 10.7. The number of hydrogen-bond donors (Lipinski definition) is 1. The zero-order chi connectivity index (χ0) is 12.5. The lowest BCUT2D eigenvalue weighted by molar-refractivity contribution is 0.127. The Kier molecular flexibility index (Phi) is 9.42. The summed E-state index contributed by atoms with van der Waals surface area (Å²) in [5.74, 6) is 0. The average molecular weight is 221 g/mol. The van der Waals surface area contributed by atoms with E-state index in [-0.39, 0.29) is 18.1 Å². The molecule has 0 rings (SSSR count). The minimum atomic E-state index is -0.642. The summed E-state index contributed by atoms with van der Waals surface area (Å²) >= 11 is 0. The van der Waals surface area contributed by atoms with Gasteiger partial charge in [0, 0.05) is 6.04 Å². The molecule has 0 spiro atoms. The highest BCUT2D eigenvalue weighted by Gasteiger charge is 2.21. The van der Waals surface area contributed by atoms with Crippen LogP contribution in [0, 0.1) is 5.41 Å². The van der Waals surface area contributed by atoms with E-state index < -0.39 is 12.8 Å². The van der Waals surface area contributed by atoms with Crippen LogP contribution < -0.4 is 5.32 Å². The van der Waals surface area contributed by atoms with Gasteiger partial charge in [0.05, 0.1) is 0 Å². The Balaban J connectivity index is 0. The molecule has 0 heterocycles. The zero-order valence-electron chi connectivity index (χ0n) is 10.7. The van der Waals surface area contributed by atoms with E-state index in [1.807, 2.05) is 41.5 Å². The van der Waals surface area contributed by atoms with Gasteiger partial charge in [-0.1, -0.05) is 34.6 Å². The molecular weight excluding hydrogens is 197 g/mol. The van der Waals surface area contributed by atoms with Gasteiger partial charge in [0.2, 0.25) is 0 Å². The van der Waals surface area contributed by atoms with Crippen molar-refractivity contribution in [3.05, 3.63) is 0 Å². The summed E-state index contributed by atoms with van der Waals surface area (Å²) in [5, 5.41) is 2.63. The number of alkyl carbamates (subject to hydrolysis) is 1. The fourth-order valence-corrected chi connectivity index (χ4v) is 0.566. The molecule has 1 amide bonds. The summed E-state index contributed by atoms with van der Waals surface area (Å²) in [6, 6.07) is -0.000360. The molecule has 0 saturated carbocycles. The minimum absolute atomic E-state index is 0.000360. The third-order valence-electron chi connectivity index (χ3n) is 1.94. The molecule has 0 saturated heterocycles. The van der Waals surface area contributed by atoms with Gasteiger partial charge in [-0.25, -0.2) is 9.18 Å². The predicted molar refractivity (Wildman–Crippen MR) is 60.7 cm³/mol. The van der Waals surface area contributed by atoms with Crippen molar-refractivity contribution in [2.45, 2.75) is 47.6 Å². The normalized spacial score (nSPS) is 12.2. The fourth-order valence-electron chi connectivity index (χ4n) is 0.566. The third kappa shape index (κ3) is 9.50. The molecule has 0 aromatic rings. The van der Waals surface area contributed by atoms with E-state index in [1.54, 1.807) is 0 Å². The summed E-state index contributed by atoms with van der Waals surface area (Å²) in [6.45, 7) is 11.1. The average Bonchev–Trinajstić information content (AvgIpc) is 2.16. The van der Waals surface area contributed by atoms with Crippen molar-refractivity contribution in [3.63, 3.8) is 0 Å². The second-order valence-corrected chi connectivity index (χ2v) is 4.06. The van der Waals surface area contributed by atoms with E-state index in [0.29, 0.717) is 0 Å². The quantitative estimate of drug-likeness (QED) is 0.795. The van der Waals surface area contributed by atoms with Gasteiger partial charge in [0.15, 0.2) is 0 Å². The molecule has 1 N–H and O–H groups in total. The number of hydrogen-bond acceptors (Lipinski definition) is 2. The van der Waals surface area contributed by atoms with Crippen molar-refractivity contribution in [2.75, 3.05) is 13.3 Å². The first-order valence-corrected chi connectivity index (χ1v) is 5.37. The first-order chi connectivity index (χ1) is 6.88. The molecule has 1 unspecified atom stereocenters. The van der Waals surface area contributed by atoms with Gasteiger partial charge in [-0.3, -0.25) is 0 Å². The molecule has 1 atom stereocenters. The monoisotopic (exact) mass is 221 g/mol. The molecule has 0 aliphatic heterocycles. The van der Waals surface area contributed by atoms with E-state index in [0.717, 1.165) is 0 Å². The molecule has 0 fully saturated rings. The fraction of sp³-hybridized carbons (Fsp3) is 0.909. The lowest BCUT2D eigenvalue weighted by Gasteiger charge is -2.27. The highest BCUT2D eigenvalue weighted by atomic mass is 19.1. The summed E-state index contributed by atoms with van der Waals surface area (Å²) in [7, 11) is 0. The van der Waals surface area contributed by atoms with E-state index in [4.69, 9.17) is 0 Å². The Morgan fingerprint density at radius 3 is 2.20 bits per heavy atom. The molecule has 0 aromatic heterocycles. The van der Waals surface area contributed by atoms with Crippen LogP contribution in [0.1, 0.15) is 41.5 Å². The Hall–Kier alpha value is -0.800. The molecule has 15 heavy (non-hydrogen) atoms. The molecule has 0 aliphatic carbocycles. The Morgan fingerprint density at radius 1 is 1.40 bits per heavy atom. The summed E-state index contributed by atoms with van der Waals surface area (Å²) in [4.78, 5) is 11.0. The number of rotatable bonds is 3. The summed E-state index contributed by atoms with van der Waals surface area (Å²) in [6.07, 6.45) is -0.555. The summed E-state index contributed by atoms with van der Waals surface area (Å²) < 4.78 is 16.2. The molecule has 0 aromatic carbocycles. The van der Waals surface area contributed by atoms with Crippen molar-refractivity contribution < 1.29 is 13.9 Å². The van der Waals surface area contributed by atoms with Crippen LogP contribution in [-0.2, 0) is 4.74 Å². The molecule has 4 heteroatoms. The number of nitrogens with one attached hydrogen (secondary N) is 1.